The highest BCUT2D eigenvalue weighted by Crippen LogP contribution is 2.17. The van der Waals surface area contributed by atoms with E-state index in [0.717, 1.165) is 12.2 Å². The van der Waals surface area contributed by atoms with Crippen LogP contribution in [-0.2, 0) is 7.05 Å². The quantitative estimate of drug-likeness (QED) is 0.697. The molecule has 3 nitrogen and oxygen atoms in total. The van der Waals surface area contributed by atoms with E-state index in [1.54, 1.807) is 0 Å². The molecule has 0 aliphatic rings. The Balaban J connectivity index is 3.02. The Morgan fingerprint density at radius 2 is 2.09 bits per heavy atom. The van der Waals surface area contributed by atoms with Gasteiger partial charge in [0.25, 0.3) is 0 Å². The van der Waals surface area contributed by atoms with Crippen molar-refractivity contribution in [1.82, 2.24) is 9.78 Å². The molecule has 1 aromatic rings. The minimum Gasteiger partial charge on any atom is -0.382 e. The summed E-state index contributed by atoms with van der Waals surface area (Å²) in [6.07, 6.45) is 0. The highest BCUT2D eigenvalue weighted by atomic mass is 15.3. The summed E-state index contributed by atoms with van der Waals surface area (Å²) in [5.74, 6) is 0. The monoisotopic (exact) mass is 153 g/mol. The highest BCUT2D eigenvalue weighted by molar-refractivity contribution is 5.51. The lowest BCUT2D eigenvalue weighted by molar-refractivity contribution is 0.731. The van der Waals surface area contributed by atoms with E-state index in [1.165, 1.54) is 11.4 Å². The van der Waals surface area contributed by atoms with E-state index in [0.29, 0.717) is 0 Å². The third-order valence-electron chi connectivity index (χ3n) is 1.86. The molecule has 0 aromatic carbocycles. The number of anilines is 1. The van der Waals surface area contributed by atoms with Crippen LogP contribution in [-0.4, -0.2) is 16.3 Å². The molecule has 3 heteroatoms. The lowest BCUT2D eigenvalue weighted by Crippen LogP contribution is -1.99. The highest BCUT2D eigenvalue weighted by Gasteiger charge is 2.06. The molecule has 11 heavy (non-hydrogen) atoms. The van der Waals surface area contributed by atoms with Crippen LogP contribution in [0.15, 0.2) is 0 Å². The molecule has 1 aromatic heterocycles. The summed E-state index contributed by atoms with van der Waals surface area (Å²) in [4.78, 5) is 0. The van der Waals surface area contributed by atoms with Gasteiger partial charge in [0.05, 0.1) is 17.1 Å². The maximum absolute atomic E-state index is 4.28. The average Bonchev–Trinajstić information content (AvgIpc) is 2.17. The van der Waals surface area contributed by atoms with Crippen LogP contribution in [0.25, 0.3) is 0 Å². The Labute approximate surface area is 67.4 Å². The topological polar surface area (TPSA) is 29.9 Å². The van der Waals surface area contributed by atoms with Gasteiger partial charge in [0.2, 0.25) is 0 Å². The van der Waals surface area contributed by atoms with Crippen molar-refractivity contribution in [3.05, 3.63) is 11.4 Å². The predicted molar refractivity (Wildman–Crippen MR) is 46.8 cm³/mol. The number of hydrogen-bond acceptors (Lipinski definition) is 2. The fourth-order valence-corrected chi connectivity index (χ4v) is 1.21. The fraction of sp³-hybridized carbons (Fsp3) is 0.625. The van der Waals surface area contributed by atoms with E-state index < -0.39 is 0 Å². The number of hydrogen-bond donors (Lipinski definition) is 1. The van der Waals surface area contributed by atoms with Gasteiger partial charge in [0.1, 0.15) is 0 Å². The summed E-state index contributed by atoms with van der Waals surface area (Å²) in [5.41, 5.74) is 3.45. The smallest absolute Gasteiger partial charge is 0.0827 e. The van der Waals surface area contributed by atoms with Crippen molar-refractivity contribution in [2.24, 2.45) is 7.05 Å². The van der Waals surface area contributed by atoms with Crippen LogP contribution >= 0.6 is 0 Å². The molecule has 0 spiro atoms. The summed E-state index contributed by atoms with van der Waals surface area (Å²) in [6.45, 7) is 7.13. The Hall–Kier alpha value is -0.990. The first-order chi connectivity index (χ1) is 5.16. The lowest BCUT2D eigenvalue weighted by Gasteiger charge is -2.01. The Bertz CT molecular complexity index is 250. The van der Waals surface area contributed by atoms with Gasteiger partial charge in [0.15, 0.2) is 0 Å². The van der Waals surface area contributed by atoms with E-state index >= 15 is 0 Å². The van der Waals surface area contributed by atoms with Crippen molar-refractivity contribution in [1.29, 1.82) is 0 Å². The minimum atomic E-state index is 0.952. The van der Waals surface area contributed by atoms with Crippen LogP contribution in [0.5, 0.6) is 0 Å². The number of rotatable bonds is 2. The molecule has 0 radical (unpaired) electrons. The number of aromatic nitrogens is 2. The Morgan fingerprint density at radius 3 is 2.45 bits per heavy atom. The molecule has 0 unspecified atom stereocenters. The molecule has 0 atom stereocenters. The third kappa shape index (κ3) is 1.37. The molecule has 0 aliphatic carbocycles. The van der Waals surface area contributed by atoms with E-state index in [4.69, 9.17) is 0 Å². The fourth-order valence-electron chi connectivity index (χ4n) is 1.21. The van der Waals surface area contributed by atoms with Crippen molar-refractivity contribution in [2.75, 3.05) is 11.9 Å². The average molecular weight is 153 g/mol. The molecular formula is C8H15N3. The second-order valence-electron chi connectivity index (χ2n) is 2.70. The van der Waals surface area contributed by atoms with Crippen LogP contribution in [0.1, 0.15) is 18.3 Å². The van der Waals surface area contributed by atoms with Crippen LogP contribution in [0.3, 0.4) is 0 Å². The standard InChI is InChI=1S/C8H15N3/c1-5-9-8-6(2)10-11(4)7(8)3/h9H,5H2,1-4H3. The van der Waals surface area contributed by atoms with E-state index in [-0.39, 0.29) is 0 Å². The van der Waals surface area contributed by atoms with Crippen molar-refractivity contribution in [3.63, 3.8) is 0 Å². The number of aryl methyl sites for hydroxylation is 2. The predicted octanol–water partition coefficient (Wildman–Crippen LogP) is 1.47. The first kappa shape index (κ1) is 8.11. The van der Waals surface area contributed by atoms with Gasteiger partial charge in [-0.2, -0.15) is 5.10 Å². The molecule has 0 aliphatic heterocycles. The van der Waals surface area contributed by atoms with E-state index in [1.807, 2.05) is 18.7 Å². The Kier molecular flexibility index (Phi) is 2.17. The number of nitrogens with zero attached hydrogens (tertiary/aromatic N) is 2. The summed E-state index contributed by atoms with van der Waals surface area (Å²) < 4.78 is 1.90. The first-order valence-electron chi connectivity index (χ1n) is 3.91. The normalized spacial score (nSPS) is 10.2. The van der Waals surface area contributed by atoms with Crippen molar-refractivity contribution < 1.29 is 0 Å². The molecule has 0 fully saturated rings. The van der Waals surface area contributed by atoms with Crippen LogP contribution in [0.4, 0.5) is 5.69 Å². The van der Waals surface area contributed by atoms with Crippen LogP contribution in [0, 0.1) is 13.8 Å². The van der Waals surface area contributed by atoms with Gasteiger partial charge in [-0.3, -0.25) is 4.68 Å². The zero-order valence-electron chi connectivity index (χ0n) is 7.60. The van der Waals surface area contributed by atoms with Gasteiger partial charge in [-0.1, -0.05) is 0 Å². The molecule has 1 N–H and O–H groups in total. The van der Waals surface area contributed by atoms with Crippen molar-refractivity contribution in [2.45, 2.75) is 20.8 Å². The molecule has 0 saturated heterocycles. The second kappa shape index (κ2) is 2.95. The van der Waals surface area contributed by atoms with Gasteiger partial charge < -0.3 is 5.32 Å². The van der Waals surface area contributed by atoms with Gasteiger partial charge in [-0.15, -0.1) is 0 Å². The zero-order chi connectivity index (χ0) is 8.43. The van der Waals surface area contributed by atoms with E-state index in [2.05, 4.69) is 24.3 Å². The molecular weight excluding hydrogens is 138 g/mol. The van der Waals surface area contributed by atoms with Gasteiger partial charge >= 0.3 is 0 Å². The van der Waals surface area contributed by atoms with Gasteiger partial charge in [-0.05, 0) is 20.8 Å². The Morgan fingerprint density at radius 1 is 1.45 bits per heavy atom. The summed E-state index contributed by atoms with van der Waals surface area (Å²) in [7, 11) is 1.96. The van der Waals surface area contributed by atoms with Gasteiger partial charge in [0, 0.05) is 13.6 Å². The van der Waals surface area contributed by atoms with Crippen molar-refractivity contribution >= 4 is 5.69 Å². The lowest BCUT2D eigenvalue weighted by atomic mass is 10.3. The molecule has 1 heterocycles. The van der Waals surface area contributed by atoms with Gasteiger partial charge in [-0.25, -0.2) is 0 Å². The molecule has 0 saturated carbocycles. The summed E-state index contributed by atoms with van der Waals surface area (Å²) in [6, 6.07) is 0. The van der Waals surface area contributed by atoms with E-state index in [9.17, 15) is 0 Å². The zero-order valence-corrected chi connectivity index (χ0v) is 7.60. The first-order valence-corrected chi connectivity index (χ1v) is 3.91. The summed E-state index contributed by atoms with van der Waals surface area (Å²) >= 11 is 0. The molecule has 0 bridgehead atoms. The second-order valence-corrected chi connectivity index (χ2v) is 2.70. The molecule has 1 rings (SSSR count). The van der Waals surface area contributed by atoms with Crippen LogP contribution < -0.4 is 5.32 Å². The van der Waals surface area contributed by atoms with Crippen molar-refractivity contribution in [3.8, 4) is 0 Å². The number of nitrogens with one attached hydrogen (secondary N) is 1. The SMILES string of the molecule is CCNc1c(C)nn(C)c1C. The third-order valence-corrected chi connectivity index (χ3v) is 1.86. The molecule has 0 amide bonds. The maximum atomic E-state index is 4.28. The summed E-state index contributed by atoms with van der Waals surface area (Å²) in [5, 5.41) is 7.56. The largest absolute Gasteiger partial charge is 0.382 e. The van der Waals surface area contributed by atoms with Crippen LogP contribution in [0.2, 0.25) is 0 Å². The minimum absolute atomic E-state index is 0.952. The maximum Gasteiger partial charge on any atom is 0.0827 e. The molecule has 62 valence electrons.